The molecule has 0 spiro atoms. The quantitative estimate of drug-likeness (QED) is 0.687. The van der Waals surface area contributed by atoms with Gasteiger partial charge in [-0.25, -0.2) is 4.98 Å². The number of rotatable bonds is 1. The van der Waals surface area contributed by atoms with Crippen LogP contribution >= 0.6 is 15.9 Å². The van der Waals surface area contributed by atoms with Gasteiger partial charge in [0.05, 0.1) is 5.56 Å². The first-order chi connectivity index (χ1) is 8.65. The van der Waals surface area contributed by atoms with E-state index < -0.39 is 0 Å². The van der Waals surface area contributed by atoms with Gasteiger partial charge in [0.1, 0.15) is 5.52 Å². The summed E-state index contributed by atoms with van der Waals surface area (Å²) >= 11 is 3.56. The zero-order chi connectivity index (χ0) is 12.7. The van der Waals surface area contributed by atoms with Gasteiger partial charge in [0, 0.05) is 16.2 Å². The minimum Gasteiger partial charge on any atom is -0.436 e. The highest BCUT2D eigenvalue weighted by Gasteiger charge is 2.12. The van der Waals surface area contributed by atoms with E-state index in [0.717, 1.165) is 21.1 Å². The molecule has 0 radical (unpaired) electrons. The summed E-state index contributed by atoms with van der Waals surface area (Å²) < 4.78 is 6.75. The molecule has 0 fully saturated rings. The SMILES string of the molecule is Cc1cccc(-c2nc3ccc(N)cc3o2)c1Br. The number of hydrogen-bond acceptors (Lipinski definition) is 3. The average molecular weight is 303 g/mol. The molecular formula is C14H11BrN2O. The van der Waals surface area contributed by atoms with Gasteiger partial charge in [-0.2, -0.15) is 0 Å². The van der Waals surface area contributed by atoms with E-state index in [1.54, 1.807) is 6.07 Å². The molecule has 3 rings (SSSR count). The molecule has 2 N–H and O–H groups in total. The molecule has 0 atom stereocenters. The fourth-order valence-corrected chi connectivity index (χ4v) is 2.30. The summed E-state index contributed by atoms with van der Waals surface area (Å²) in [7, 11) is 0. The molecule has 0 unspecified atom stereocenters. The maximum atomic E-state index is 5.75. The average Bonchev–Trinajstić information content (AvgIpc) is 2.75. The molecule has 3 aromatic rings. The molecule has 4 heteroatoms. The van der Waals surface area contributed by atoms with Gasteiger partial charge in [0.2, 0.25) is 5.89 Å². The number of nitrogens with two attached hydrogens (primary N) is 1. The van der Waals surface area contributed by atoms with Crippen LogP contribution in [0.2, 0.25) is 0 Å². The second-order valence-corrected chi connectivity index (χ2v) is 4.98. The molecule has 1 heterocycles. The maximum absolute atomic E-state index is 5.75. The van der Waals surface area contributed by atoms with Crippen LogP contribution < -0.4 is 5.73 Å². The molecule has 2 aromatic carbocycles. The third kappa shape index (κ3) is 1.78. The van der Waals surface area contributed by atoms with E-state index in [0.29, 0.717) is 17.2 Å². The lowest BCUT2D eigenvalue weighted by atomic mass is 10.1. The predicted molar refractivity (Wildman–Crippen MR) is 76.3 cm³/mol. The second-order valence-electron chi connectivity index (χ2n) is 4.18. The van der Waals surface area contributed by atoms with E-state index >= 15 is 0 Å². The van der Waals surface area contributed by atoms with Gasteiger partial charge in [0.25, 0.3) is 0 Å². The summed E-state index contributed by atoms with van der Waals surface area (Å²) in [5, 5.41) is 0. The molecular weight excluding hydrogens is 292 g/mol. The van der Waals surface area contributed by atoms with Crippen molar-refractivity contribution in [3.8, 4) is 11.5 Å². The number of benzene rings is 2. The van der Waals surface area contributed by atoms with Crippen LogP contribution in [0.1, 0.15) is 5.56 Å². The summed E-state index contributed by atoms with van der Waals surface area (Å²) in [6, 6.07) is 11.5. The third-order valence-corrected chi connectivity index (χ3v) is 3.89. The van der Waals surface area contributed by atoms with Crippen molar-refractivity contribution in [2.75, 3.05) is 5.73 Å². The first-order valence-electron chi connectivity index (χ1n) is 5.57. The van der Waals surface area contributed by atoms with Crippen LogP contribution in [0.3, 0.4) is 0 Å². The Kier molecular flexibility index (Phi) is 2.59. The first-order valence-corrected chi connectivity index (χ1v) is 6.36. The van der Waals surface area contributed by atoms with Gasteiger partial charge in [-0.15, -0.1) is 0 Å². The first kappa shape index (κ1) is 11.3. The Labute approximate surface area is 113 Å². The van der Waals surface area contributed by atoms with Crippen molar-refractivity contribution >= 4 is 32.7 Å². The number of nitrogen functional groups attached to an aromatic ring is 1. The molecule has 0 bridgehead atoms. The maximum Gasteiger partial charge on any atom is 0.228 e. The number of halogens is 1. The zero-order valence-electron chi connectivity index (χ0n) is 9.77. The van der Waals surface area contributed by atoms with Crippen molar-refractivity contribution in [3.05, 3.63) is 46.4 Å². The van der Waals surface area contributed by atoms with Gasteiger partial charge in [-0.1, -0.05) is 12.1 Å². The number of anilines is 1. The smallest absolute Gasteiger partial charge is 0.228 e. The van der Waals surface area contributed by atoms with Crippen LogP contribution in [-0.2, 0) is 0 Å². The Bertz CT molecular complexity index is 734. The van der Waals surface area contributed by atoms with E-state index in [1.165, 1.54) is 0 Å². The minimum absolute atomic E-state index is 0.603. The van der Waals surface area contributed by atoms with Crippen LogP contribution in [0.4, 0.5) is 5.69 Å². The Morgan fingerprint density at radius 2 is 2.06 bits per heavy atom. The summed E-state index contributed by atoms with van der Waals surface area (Å²) in [4.78, 5) is 4.47. The number of aromatic nitrogens is 1. The van der Waals surface area contributed by atoms with Crippen molar-refractivity contribution in [2.45, 2.75) is 6.92 Å². The highest BCUT2D eigenvalue weighted by Crippen LogP contribution is 2.32. The summed E-state index contributed by atoms with van der Waals surface area (Å²) in [6.45, 7) is 2.04. The predicted octanol–water partition coefficient (Wildman–Crippen LogP) is 4.15. The fourth-order valence-electron chi connectivity index (χ4n) is 1.87. The molecule has 3 nitrogen and oxygen atoms in total. The van der Waals surface area contributed by atoms with Gasteiger partial charge in [0.15, 0.2) is 5.58 Å². The van der Waals surface area contributed by atoms with E-state index in [-0.39, 0.29) is 0 Å². The standard InChI is InChI=1S/C14H11BrN2O/c1-8-3-2-4-10(13(8)15)14-17-11-6-5-9(16)7-12(11)18-14/h2-7H,16H2,1H3. The van der Waals surface area contributed by atoms with Crippen molar-refractivity contribution in [3.63, 3.8) is 0 Å². The highest BCUT2D eigenvalue weighted by molar-refractivity contribution is 9.10. The van der Waals surface area contributed by atoms with Crippen LogP contribution in [0.5, 0.6) is 0 Å². The molecule has 0 amide bonds. The van der Waals surface area contributed by atoms with E-state index in [1.807, 2.05) is 37.3 Å². The topological polar surface area (TPSA) is 52.0 Å². The number of nitrogens with zero attached hydrogens (tertiary/aromatic N) is 1. The lowest BCUT2D eigenvalue weighted by Gasteiger charge is -2.02. The summed E-state index contributed by atoms with van der Waals surface area (Å²) in [6.07, 6.45) is 0. The molecule has 0 aliphatic rings. The molecule has 0 aliphatic carbocycles. The van der Waals surface area contributed by atoms with Gasteiger partial charge < -0.3 is 10.2 Å². The normalized spacial score (nSPS) is 11.0. The van der Waals surface area contributed by atoms with E-state index in [4.69, 9.17) is 10.2 Å². The van der Waals surface area contributed by atoms with Crippen molar-refractivity contribution in [2.24, 2.45) is 0 Å². The van der Waals surface area contributed by atoms with Crippen LogP contribution in [0, 0.1) is 6.92 Å². The number of oxazole rings is 1. The molecule has 0 aliphatic heterocycles. The van der Waals surface area contributed by atoms with Crippen LogP contribution in [-0.4, -0.2) is 4.98 Å². The Morgan fingerprint density at radius 1 is 1.22 bits per heavy atom. The molecule has 18 heavy (non-hydrogen) atoms. The highest BCUT2D eigenvalue weighted by atomic mass is 79.9. The number of fused-ring (bicyclic) bond motifs is 1. The lowest BCUT2D eigenvalue weighted by Crippen LogP contribution is -1.82. The van der Waals surface area contributed by atoms with Crippen LogP contribution in [0.15, 0.2) is 45.3 Å². The molecule has 90 valence electrons. The second kappa shape index (κ2) is 4.14. The molecule has 0 saturated heterocycles. The molecule has 0 saturated carbocycles. The Morgan fingerprint density at radius 3 is 2.89 bits per heavy atom. The summed E-state index contributed by atoms with van der Waals surface area (Å²) in [5.41, 5.74) is 10.0. The van der Waals surface area contributed by atoms with E-state index in [2.05, 4.69) is 20.9 Å². The third-order valence-electron chi connectivity index (χ3n) is 2.83. The molecule has 1 aromatic heterocycles. The number of hydrogen-bond donors (Lipinski definition) is 1. The van der Waals surface area contributed by atoms with Gasteiger partial charge >= 0.3 is 0 Å². The summed E-state index contributed by atoms with van der Waals surface area (Å²) in [5.74, 6) is 0.603. The van der Waals surface area contributed by atoms with E-state index in [9.17, 15) is 0 Å². The fraction of sp³-hybridized carbons (Fsp3) is 0.0714. The Hall–Kier alpha value is -1.81. The monoisotopic (exact) mass is 302 g/mol. The number of aryl methyl sites for hydroxylation is 1. The van der Waals surface area contributed by atoms with Gasteiger partial charge in [-0.3, -0.25) is 0 Å². The lowest BCUT2D eigenvalue weighted by molar-refractivity contribution is 0.619. The van der Waals surface area contributed by atoms with Crippen molar-refractivity contribution in [1.29, 1.82) is 0 Å². The zero-order valence-corrected chi connectivity index (χ0v) is 11.4. The van der Waals surface area contributed by atoms with Gasteiger partial charge in [-0.05, 0) is 46.6 Å². The minimum atomic E-state index is 0.603. The van der Waals surface area contributed by atoms with Crippen LogP contribution in [0.25, 0.3) is 22.6 Å². The Balaban J connectivity index is 2.22. The van der Waals surface area contributed by atoms with Crippen molar-refractivity contribution < 1.29 is 4.42 Å². The van der Waals surface area contributed by atoms with Crippen molar-refractivity contribution in [1.82, 2.24) is 4.98 Å². The largest absolute Gasteiger partial charge is 0.436 e.